The minimum absolute atomic E-state index is 0.00370. The second kappa shape index (κ2) is 15.8. The first kappa shape index (κ1) is 30.8. The van der Waals surface area contributed by atoms with Gasteiger partial charge in [0.2, 0.25) is 11.8 Å². The molecule has 4 atom stereocenters. The molecule has 7 heteroatoms. The quantitative estimate of drug-likeness (QED) is 0.255. The number of amides is 2. The first-order valence-electron chi connectivity index (χ1n) is 14.1. The van der Waals surface area contributed by atoms with E-state index in [0.29, 0.717) is 38.6 Å². The van der Waals surface area contributed by atoms with Crippen LogP contribution in [0.15, 0.2) is 79.9 Å². The Labute approximate surface area is 237 Å². The average molecular weight is 547 g/mol. The fraction of sp³-hybridized carbons (Fsp3) is 0.424. The van der Waals surface area contributed by atoms with E-state index in [-0.39, 0.29) is 49.4 Å². The lowest BCUT2D eigenvalue weighted by Gasteiger charge is -2.36. The highest BCUT2D eigenvalue weighted by Gasteiger charge is 2.32. The molecule has 2 N–H and O–H groups in total. The lowest BCUT2D eigenvalue weighted by atomic mass is 9.92. The van der Waals surface area contributed by atoms with Crippen LogP contribution in [-0.2, 0) is 38.5 Å². The van der Waals surface area contributed by atoms with E-state index in [9.17, 15) is 19.5 Å². The third-order valence-electron chi connectivity index (χ3n) is 7.37. The highest BCUT2D eigenvalue weighted by molar-refractivity contribution is 5.86. The van der Waals surface area contributed by atoms with Crippen molar-refractivity contribution in [3.8, 4) is 0 Å². The molecule has 0 aliphatic carbocycles. The minimum atomic E-state index is -0.613. The van der Waals surface area contributed by atoms with Crippen molar-refractivity contribution >= 4 is 17.8 Å². The van der Waals surface area contributed by atoms with Crippen LogP contribution in [0.25, 0.3) is 0 Å². The number of nitrogens with zero attached hydrogens (tertiary/aromatic N) is 1. The fourth-order valence-corrected chi connectivity index (χ4v) is 5.10. The Kier molecular flexibility index (Phi) is 12.2. The van der Waals surface area contributed by atoms with Gasteiger partial charge in [0, 0.05) is 13.0 Å². The predicted octanol–water partition coefficient (Wildman–Crippen LogP) is 4.39. The molecule has 2 aromatic rings. The maximum atomic E-state index is 13.3. The summed E-state index contributed by atoms with van der Waals surface area (Å²) in [6.07, 6.45) is 6.26. The van der Waals surface area contributed by atoms with Crippen LogP contribution in [0.2, 0.25) is 0 Å². The van der Waals surface area contributed by atoms with Gasteiger partial charge < -0.3 is 20.1 Å². The summed E-state index contributed by atoms with van der Waals surface area (Å²) in [7, 11) is 0. The summed E-state index contributed by atoms with van der Waals surface area (Å²) in [5.74, 6) is -1.69. The molecule has 0 bridgehead atoms. The van der Waals surface area contributed by atoms with E-state index in [1.54, 1.807) is 24.0 Å². The van der Waals surface area contributed by atoms with Gasteiger partial charge in [0.05, 0.1) is 30.5 Å². The second-order valence-electron chi connectivity index (χ2n) is 10.5. The summed E-state index contributed by atoms with van der Waals surface area (Å²) in [6, 6.07) is 17.0. The van der Waals surface area contributed by atoms with Crippen molar-refractivity contribution in [3.63, 3.8) is 0 Å². The first-order chi connectivity index (χ1) is 19.4. The van der Waals surface area contributed by atoms with Gasteiger partial charge in [-0.3, -0.25) is 14.4 Å². The zero-order chi connectivity index (χ0) is 28.9. The highest BCUT2D eigenvalue weighted by atomic mass is 16.5. The lowest BCUT2D eigenvalue weighted by molar-refractivity contribution is -0.150. The van der Waals surface area contributed by atoms with E-state index >= 15 is 0 Å². The topological polar surface area (TPSA) is 95.9 Å². The van der Waals surface area contributed by atoms with E-state index in [1.807, 2.05) is 54.6 Å². The molecule has 2 aromatic carbocycles. The van der Waals surface area contributed by atoms with Gasteiger partial charge in [0.25, 0.3) is 0 Å². The van der Waals surface area contributed by atoms with Crippen molar-refractivity contribution in [2.75, 3.05) is 13.2 Å². The Morgan fingerprint density at radius 2 is 1.75 bits per heavy atom. The molecule has 0 saturated carbocycles. The smallest absolute Gasteiger partial charge is 0.309 e. The first-order valence-corrected chi connectivity index (χ1v) is 14.1. The largest absolute Gasteiger partial charge is 0.463 e. The summed E-state index contributed by atoms with van der Waals surface area (Å²) >= 11 is 0. The molecule has 0 fully saturated rings. The predicted molar refractivity (Wildman–Crippen MR) is 156 cm³/mol. The molecule has 1 heterocycles. The maximum absolute atomic E-state index is 13.3. The molecule has 0 spiro atoms. The molecule has 214 valence electrons. The van der Waals surface area contributed by atoms with Gasteiger partial charge >= 0.3 is 5.97 Å². The van der Waals surface area contributed by atoms with E-state index < -0.39 is 12.0 Å². The van der Waals surface area contributed by atoms with Crippen molar-refractivity contribution in [1.82, 2.24) is 10.2 Å². The molecular formula is C33H42N2O5. The SMILES string of the molecule is C=CCCC(Cc1ccccc1)C(=O)OCC(C)NC(=O)C(CC=C)CC(=O)N1Cc2ccccc2CC1CO. The Bertz CT molecular complexity index is 1150. The van der Waals surface area contributed by atoms with Crippen molar-refractivity contribution in [2.24, 2.45) is 11.8 Å². The number of aliphatic hydroxyl groups excluding tert-OH is 1. The molecule has 4 unspecified atom stereocenters. The van der Waals surface area contributed by atoms with Gasteiger partial charge in [-0.1, -0.05) is 66.7 Å². The van der Waals surface area contributed by atoms with Crippen LogP contribution in [0, 0.1) is 11.8 Å². The van der Waals surface area contributed by atoms with Gasteiger partial charge in [-0.2, -0.15) is 0 Å². The molecule has 0 aromatic heterocycles. The van der Waals surface area contributed by atoms with E-state index in [1.165, 1.54) is 0 Å². The third kappa shape index (κ3) is 8.91. The molecule has 7 nitrogen and oxygen atoms in total. The van der Waals surface area contributed by atoms with Crippen LogP contribution in [0.1, 0.15) is 49.3 Å². The number of rotatable bonds is 15. The summed E-state index contributed by atoms with van der Waals surface area (Å²) in [5, 5.41) is 12.8. The molecule has 0 radical (unpaired) electrons. The number of hydrogen-bond acceptors (Lipinski definition) is 5. The number of hydrogen-bond donors (Lipinski definition) is 2. The Morgan fingerprint density at radius 3 is 2.42 bits per heavy atom. The third-order valence-corrected chi connectivity index (χ3v) is 7.37. The molecular weight excluding hydrogens is 504 g/mol. The Hall–Kier alpha value is -3.71. The molecule has 0 saturated heterocycles. The lowest BCUT2D eigenvalue weighted by Crippen LogP contribution is -2.48. The number of fused-ring (bicyclic) bond motifs is 1. The van der Waals surface area contributed by atoms with E-state index in [2.05, 4.69) is 18.5 Å². The standard InChI is InChI=1S/C33H42N2O5/c1-4-6-15-28(18-25-13-8-7-9-14-25)33(39)40-23-24(3)34-32(38)27(12-5-2)20-31(37)35-21-29-17-11-10-16-26(29)19-30(35)22-36/h4-5,7-11,13-14,16-17,24,27-28,30,36H,1-2,6,12,15,18-23H2,3H3,(H,34,38). The number of nitrogens with one attached hydrogen (secondary N) is 1. The Balaban J connectivity index is 1.55. The molecule has 2 amide bonds. The highest BCUT2D eigenvalue weighted by Crippen LogP contribution is 2.25. The van der Waals surface area contributed by atoms with Gasteiger partial charge in [0.1, 0.15) is 6.61 Å². The fourth-order valence-electron chi connectivity index (χ4n) is 5.10. The molecule has 40 heavy (non-hydrogen) atoms. The Morgan fingerprint density at radius 1 is 1.05 bits per heavy atom. The summed E-state index contributed by atoms with van der Waals surface area (Å²) in [4.78, 5) is 41.0. The van der Waals surface area contributed by atoms with Gasteiger partial charge in [-0.15, -0.1) is 13.2 Å². The number of allylic oxidation sites excluding steroid dienone is 2. The summed E-state index contributed by atoms with van der Waals surface area (Å²) in [6.45, 7) is 9.60. The van der Waals surface area contributed by atoms with Crippen LogP contribution in [0.5, 0.6) is 0 Å². The molecule has 3 rings (SSSR count). The number of aliphatic hydroxyl groups is 1. The monoisotopic (exact) mass is 546 g/mol. The number of esters is 1. The zero-order valence-corrected chi connectivity index (χ0v) is 23.5. The van der Waals surface area contributed by atoms with Crippen molar-refractivity contribution in [3.05, 3.63) is 96.6 Å². The van der Waals surface area contributed by atoms with Crippen LogP contribution in [0.3, 0.4) is 0 Å². The number of ether oxygens (including phenoxy) is 1. The number of benzene rings is 2. The average Bonchev–Trinajstić information content (AvgIpc) is 2.97. The van der Waals surface area contributed by atoms with Crippen molar-refractivity contribution in [2.45, 2.75) is 64.1 Å². The second-order valence-corrected chi connectivity index (χ2v) is 10.5. The van der Waals surface area contributed by atoms with Crippen molar-refractivity contribution in [1.29, 1.82) is 0 Å². The van der Waals surface area contributed by atoms with Crippen LogP contribution < -0.4 is 5.32 Å². The van der Waals surface area contributed by atoms with Gasteiger partial charge in [0.15, 0.2) is 0 Å². The van der Waals surface area contributed by atoms with Crippen molar-refractivity contribution < 1.29 is 24.2 Å². The summed E-state index contributed by atoms with van der Waals surface area (Å²) < 4.78 is 5.60. The zero-order valence-electron chi connectivity index (χ0n) is 23.5. The molecule has 1 aliphatic heterocycles. The summed E-state index contributed by atoms with van der Waals surface area (Å²) in [5.41, 5.74) is 3.25. The number of carbonyl (C=O) groups excluding carboxylic acids is 3. The maximum Gasteiger partial charge on any atom is 0.309 e. The van der Waals surface area contributed by atoms with Crippen LogP contribution in [0.4, 0.5) is 0 Å². The number of carbonyl (C=O) groups is 3. The van der Waals surface area contributed by atoms with E-state index in [0.717, 1.165) is 16.7 Å². The van der Waals surface area contributed by atoms with E-state index in [4.69, 9.17) is 4.74 Å². The van der Waals surface area contributed by atoms with Gasteiger partial charge in [-0.25, -0.2) is 0 Å². The minimum Gasteiger partial charge on any atom is -0.463 e. The van der Waals surface area contributed by atoms with Gasteiger partial charge in [-0.05, 0) is 55.7 Å². The molecule has 1 aliphatic rings. The van der Waals surface area contributed by atoms with Crippen LogP contribution in [-0.4, -0.2) is 53.1 Å². The normalized spacial score (nSPS) is 16.6. The van der Waals surface area contributed by atoms with Crippen LogP contribution >= 0.6 is 0 Å².